The maximum atomic E-state index is 13.3. The number of aliphatic carboxylic acids is 1. The summed E-state index contributed by atoms with van der Waals surface area (Å²) in [6.45, 7) is 0.793. The molecule has 0 amide bonds. The lowest BCUT2D eigenvalue weighted by atomic mass is 9.96. The van der Waals surface area contributed by atoms with Crippen molar-refractivity contribution < 1.29 is 41.0 Å². The highest BCUT2D eigenvalue weighted by Gasteiger charge is 2.53. The third kappa shape index (κ3) is 5.40. The number of nitrogens with zero attached hydrogens (tertiary/aromatic N) is 1. The molecule has 1 aliphatic rings. The molecule has 33 heavy (non-hydrogen) atoms. The number of likely N-dealkylation sites (tertiary alicyclic amines) is 1. The summed E-state index contributed by atoms with van der Waals surface area (Å²) in [5, 5.41) is 9.80. The predicted molar refractivity (Wildman–Crippen MR) is 112 cm³/mol. The fourth-order valence-corrected chi connectivity index (χ4v) is 5.45. The van der Waals surface area contributed by atoms with E-state index in [1.54, 1.807) is 0 Å². The average Bonchev–Trinajstić information content (AvgIpc) is 2.75. The van der Waals surface area contributed by atoms with Gasteiger partial charge in [0.05, 0.1) is 11.4 Å². The van der Waals surface area contributed by atoms with Crippen LogP contribution in [0.1, 0.15) is 12.8 Å². The molecule has 1 fully saturated rings. The Kier molecular flexibility index (Phi) is 6.90. The number of alkyl halides is 3. The van der Waals surface area contributed by atoms with Crippen molar-refractivity contribution in [3.8, 4) is 29.6 Å². The van der Waals surface area contributed by atoms with E-state index in [2.05, 4.69) is 10.7 Å². The summed E-state index contributed by atoms with van der Waals surface area (Å²) in [5.41, 5.74) is 0. The van der Waals surface area contributed by atoms with Crippen molar-refractivity contribution in [3.05, 3.63) is 48.5 Å². The molecule has 0 bridgehead atoms. The quantitative estimate of drug-likeness (QED) is 0.601. The second kappa shape index (κ2) is 9.33. The molecular formula is C22H20F3NO6S. The van der Waals surface area contributed by atoms with Crippen LogP contribution in [0.25, 0.3) is 0 Å². The molecular weight excluding hydrogens is 463 g/mol. The van der Waals surface area contributed by atoms with Crippen molar-refractivity contribution in [2.45, 2.75) is 28.8 Å². The minimum absolute atomic E-state index is 0.100. The van der Waals surface area contributed by atoms with Crippen LogP contribution in [-0.4, -0.2) is 55.1 Å². The number of halogens is 3. The number of terminal acetylenes is 1. The molecule has 11 heteroatoms. The molecule has 1 heterocycles. The number of piperidine rings is 1. The number of hydrogen-bond acceptors (Lipinski definition) is 6. The van der Waals surface area contributed by atoms with Crippen molar-refractivity contribution in [2.24, 2.45) is 0 Å². The monoisotopic (exact) mass is 483 g/mol. The molecule has 0 radical (unpaired) electrons. The lowest BCUT2D eigenvalue weighted by Gasteiger charge is -2.37. The lowest BCUT2D eigenvalue weighted by Crippen LogP contribution is -2.54. The summed E-state index contributed by atoms with van der Waals surface area (Å²) >= 11 is 0. The number of hydrogen-bond donors (Lipinski definition) is 1. The van der Waals surface area contributed by atoms with E-state index in [1.165, 1.54) is 36.4 Å². The highest BCUT2D eigenvalue weighted by Crippen LogP contribution is 2.37. The zero-order valence-electron chi connectivity index (χ0n) is 17.2. The van der Waals surface area contributed by atoms with Crippen molar-refractivity contribution in [2.75, 3.05) is 19.6 Å². The first-order valence-corrected chi connectivity index (χ1v) is 11.2. The van der Waals surface area contributed by atoms with Gasteiger partial charge in [-0.25, -0.2) is 8.42 Å². The smallest absolute Gasteiger partial charge is 0.480 e. The van der Waals surface area contributed by atoms with Gasteiger partial charge in [-0.15, -0.1) is 19.6 Å². The number of sulfone groups is 1. The second-order valence-corrected chi connectivity index (χ2v) is 9.64. The van der Waals surface area contributed by atoms with Gasteiger partial charge in [0.15, 0.2) is 14.6 Å². The van der Waals surface area contributed by atoms with E-state index in [4.69, 9.17) is 11.2 Å². The maximum Gasteiger partial charge on any atom is 0.573 e. The summed E-state index contributed by atoms with van der Waals surface area (Å²) < 4.78 is 70.6. The van der Waals surface area contributed by atoms with Gasteiger partial charge in [0, 0.05) is 13.1 Å². The highest BCUT2D eigenvalue weighted by molar-refractivity contribution is 7.93. The summed E-state index contributed by atoms with van der Waals surface area (Å²) in [6.07, 6.45) is 0.264. The Morgan fingerprint density at radius 1 is 1.03 bits per heavy atom. The molecule has 2 aromatic rings. The maximum absolute atomic E-state index is 13.3. The molecule has 0 unspecified atom stereocenters. The Labute approximate surface area is 188 Å². The Morgan fingerprint density at radius 3 is 1.97 bits per heavy atom. The molecule has 1 aliphatic heterocycles. The zero-order valence-corrected chi connectivity index (χ0v) is 18.0. The van der Waals surface area contributed by atoms with E-state index < -0.39 is 32.7 Å². The minimum atomic E-state index is -4.81. The Bertz CT molecular complexity index is 1130. The van der Waals surface area contributed by atoms with Crippen LogP contribution in [0.2, 0.25) is 0 Å². The topological polar surface area (TPSA) is 93.1 Å². The molecule has 1 N–H and O–H groups in total. The fraction of sp³-hybridized carbons (Fsp3) is 0.318. The standard InChI is InChI=1S/C22H20F3NO6S/c1-2-13-26-14-11-21(12-15-26,20(27)28)33(29,30)19-9-7-17(8-10-19)31-16-3-5-18(6-4-16)32-22(23,24)25/h1,3-10H,11-15H2,(H,27,28). The summed E-state index contributed by atoms with van der Waals surface area (Å²) in [6, 6.07) is 9.83. The van der Waals surface area contributed by atoms with Crippen LogP contribution in [0.3, 0.4) is 0 Å². The van der Waals surface area contributed by atoms with Crippen LogP contribution in [0, 0.1) is 12.3 Å². The SMILES string of the molecule is C#CCN1CCC(C(=O)O)(S(=O)(=O)c2ccc(Oc3ccc(OC(F)(F)F)cc3)cc2)CC1. The van der Waals surface area contributed by atoms with Gasteiger partial charge in [0.25, 0.3) is 0 Å². The number of rotatable bonds is 7. The summed E-state index contributed by atoms with van der Waals surface area (Å²) in [7, 11) is -4.23. The van der Waals surface area contributed by atoms with Crippen molar-refractivity contribution in [1.29, 1.82) is 0 Å². The molecule has 176 valence electrons. The number of ether oxygens (including phenoxy) is 2. The predicted octanol–water partition coefficient (Wildman–Crippen LogP) is 3.70. The number of carboxylic acid groups (broad SMARTS) is 1. The molecule has 3 rings (SSSR count). The Hall–Kier alpha value is -3.23. The van der Waals surface area contributed by atoms with Gasteiger partial charge in [0.2, 0.25) is 0 Å². The van der Waals surface area contributed by atoms with E-state index in [0.717, 1.165) is 12.1 Å². The van der Waals surface area contributed by atoms with E-state index >= 15 is 0 Å². The molecule has 0 atom stereocenters. The van der Waals surface area contributed by atoms with Crippen LogP contribution in [0.15, 0.2) is 53.4 Å². The Balaban J connectivity index is 1.75. The van der Waals surface area contributed by atoms with E-state index in [-0.39, 0.29) is 42.3 Å². The second-order valence-electron chi connectivity index (χ2n) is 7.38. The van der Waals surface area contributed by atoms with Crippen LogP contribution < -0.4 is 9.47 Å². The van der Waals surface area contributed by atoms with Gasteiger partial charge < -0.3 is 14.6 Å². The van der Waals surface area contributed by atoms with Crippen molar-refractivity contribution >= 4 is 15.8 Å². The van der Waals surface area contributed by atoms with Crippen molar-refractivity contribution in [1.82, 2.24) is 4.90 Å². The number of carboxylic acids is 1. The van der Waals surface area contributed by atoms with Gasteiger partial charge in [-0.3, -0.25) is 9.69 Å². The van der Waals surface area contributed by atoms with Gasteiger partial charge in [0.1, 0.15) is 17.2 Å². The third-order valence-electron chi connectivity index (χ3n) is 5.31. The first-order valence-electron chi connectivity index (χ1n) is 9.74. The van der Waals surface area contributed by atoms with E-state index in [9.17, 15) is 31.5 Å². The van der Waals surface area contributed by atoms with Gasteiger partial charge in [-0.1, -0.05) is 5.92 Å². The summed E-state index contributed by atoms with van der Waals surface area (Å²) in [4.78, 5) is 13.7. The molecule has 2 aromatic carbocycles. The van der Waals surface area contributed by atoms with Gasteiger partial charge in [-0.2, -0.15) is 0 Å². The molecule has 0 spiro atoms. The number of benzene rings is 2. The molecule has 7 nitrogen and oxygen atoms in total. The van der Waals surface area contributed by atoms with Gasteiger partial charge >= 0.3 is 12.3 Å². The van der Waals surface area contributed by atoms with Crippen LogP contribution in [0.5, 0.6) is 17.2 Å². The highest BCUT2D eigenvalue weighted by atomic mass is 32.2. The molecule has 0 aromatic heterocycles. The number of carbonyl (C=O) groups is 1. The average molecular weight is 483 g/mol. The van der Waals surface area contributed by atoms with Crippen molar-refractivity contribution in [3.63, 3.8) is 0 Å². The normalized spacial score (nSPS) is 16.5. The minimum Gasteiger partial charge on any atom is -0.480 e. The summed E-state index contributed by atoms with van der Waals surface area (Å²) in [5.74, 6) is 1.05. The fourth-order valence-electron chi connectivity index (χ4n) is 3.56. The van der Waals surface area contributed by atoms with Crippen LogP contribution >= 0.6 is 0 Å². The Morgan fingerprint density at radius 2 is 1.52 bits per heavy atom. The first-order chi connectivity index (χ1) is 15.5. The van der Waals surface area contributed by atoms with E-state index in [0.29, 0.717) is 6.54 Å². The third-order valence-corrected chi connectivity index (χ3v) is 7.81. The lowest BCUT2D eigenvalue weighted by molar-refractivity contribution is -0.274. The first kappa shape index (κ1) is 24.4. The largest absolute Gasteiger partial charge is 0.573 e. The molecule has 0 aliphatic carbocycles. The molecule has 0 saturated carbocycles. The van der Waals surface area contributed by atoms with Gasteiger partial charge in [-0.05, 0) is 61.4 Å². The zero-order chi connectivity index (χ0) is 24.3. The molecule has 1 saturated heterocycles. The van der Waals surface area contributed by atoms with Crippen LogP contribution in [0.4, 0.5) is 13.2 Å². The van der Waals surface area contributed by atoms with Crippen LogP contribution in [-0.2, 0) is 14.6 Å². The van der Waals surface area contributed by atoms with E-state index in [1.807, 2.05) is 4.90 Å².